The van der Waals surface area contributed by atoms with Gasteiger partial charge in [0.15, 0.2) is 11.2 Å². The van der Waals surface area contributed by atoms with Crippen LogP contribution in [0.5, 0.6) is 0 Å². The van der Waals surface area contributed by atoms with Gasteiger partial charge < -0.3 is 9.73 Å². The number of hydrogen-bond acceptors (Lipinski definition) is 4. The molecule has 0 unspecified atom stereocenters. The predicted octanol–water partition coefficient (Wildman–Crippen LogP) is 3.36. The zero-order valence-electron chi connectivity index (χ0n) is 13.7. The van der Waals surface area contributed by atoms with Crippen molar-refractivity contribution in [2.45, 2.75) is 45.1 Å². The molecule has 124 valence electrons. The standard InChI is InChI=1S/C19H20N2O3/c1-12(14-5-3-2-4-6-14)21-19(23)18-10-16(22)15-9-13(11-20)7-8-17(15)24-18/h7-10,12,14H,2-6H2,1H3,(H,21,23)/t12-/m0/s1. The Labute approximate surface area is 140 Å². The first-order chi connectivity index (χ1) is 11.6. The van der Waals surface area contributed by atoms with Crippen LogP contribution >= 0.6 is 0 Å². The minimum atomic E-state index is -0.364. The van der Waals surface area contributed by atoms with Crippen LogP contribution in [0, 0.1) is 17.2 Å². The molecular formula is C19H20N2O3. The Bertz CT molecular complexity index is 857. The van der Waals surface area contributed by atoms with Crippen molar-refractivity contribution in [1.29, 1.82) is 5.26 Å². The lowest BCUT2D eigenvalue weighted by Crippen LogP contribution is -2.39. The fraction of sp³-hybridized carbons (Fsp3) is 0.421. The average molecular weight is 324 g/mol. The van der Waals surface area contributed by atoms with Gasteiger partial charge in [-0.2, -0.15) is 5.26 Å². The highest BCUT2D eigenvalue weighted by Crippen LogP contribution is 2.26. The molecule has 1 atom stereocenters. The second-order valence-electron chi connectivity index (χ2n) is 6.46. The number of amides is 1. The molecule has 3 rings (SSSR count). The molecule has 1 aliphatic rings. The third kappa shape index (κ3) is 3.33. The molecule has 1 saturated carbocycles. The number of nitrogens with zero attached hydrogens (tertiary/aromatic N) is 1. The van der Waals surface area contributed by atoms with Crippen molar-refractivity contribution < 1.29 is 9.21 Å². The van der Waals surface area contributed by atoms with Crippen LogP contribution in [0.25, 0.3) is 11.0 Å². The molecular weight excluding hydrogens is 304 g/mol. The van der Waals surface area contributed by atoms with Gasteiger partial charge in [0.1, 0.15) is 5.58 Å². The van der Waals surface area contributed by atoms with E-state index in [1.807, 2.05) is 13.0 Å². The second kappa shape index (κ2) is 6.88. The van der Waals surface area contributed by atoms with Crippen molar-refractivity contribution in [3.8, 4) is 6.07 Å². The third-order valence-corrected chi connectivity index (χ3v) is 4.80. The number of carbonyl (C=O) groups is 1. The minimum absolute atomic E-state index is 0.0138. The van der Waals surface area contributed by atoms with Gasteiger partial charge in [0, 0.05) is 12.1 Å². The van der Waals surface area contributed by atoms with E-state index in [-0.39, 0.29) is 23.1 Å². The average Bonchev–Trinajstić information content (AvgIpc) is 2.62. The fourth-order valence-electron chi connectivity index (χ4n) is 3.37. The van der Waals surface area contributed by atoms with Gasteiger partial charge in [-0.1, -0.05) is 19.3 Å². The lowest BCUT2D eigenvalue weighted by Gasteiger charge is -2.28. The van der Waals surface area contributed by atoms with E-state index in [0.29, 0.717) is 22.5 Å². The van der Waals surface area contributed by atoms with Gasteiger partial charge >= 0.3 is 0 Å². The normalized spacial score (nSPS) is 16.5. The van der Waals surface area contributed by atoms with E-state index in [1.165, 1.54) is 31.4 Å². The van der Waals surface area contributed by atoms with E-state index in [2.05, 4.69) is 5.32 Å². The van der Waals surface area contributed by atoms with Crippen molar-refractivity contribution >= 4 is 16.9 Å². The SMILES string of the molecule is C[C@H](NC(=O)c1cc(=O)c2cc(C#N)ccc2o1)C1CCCCC1. The maximum absolute atomic E-state index is 12.4. The monoisotopic (exact) mass is 324 g/mol. The Morgan fingerprint density at radius 2 is 2.04 bits per heavy atom. The lowest BCUT2D eigenvalue weighted by molar-refractivity contribution is 0.0891. The first kappa shape index (κ1) is 16.3. The zero-order chi connectivity index (χ0) is 17.1. The van der Waals surface area contributed by atoms with Gasteiger partial charge in [-0.25, -0.2) is 0 Å². The van der Waals surface area contributed by atoms with Gasteiger partial charge in [-0.3, -0.25) is 9.59 Å². The molecule has 1 aromatic heterocycles. The van der Waals surface area contributed by atoms with E-state index < -0.39 is 0 Å². The van der Waals surface area contributed by atoms with Crippen molar-refractivity contribution in [2.75, 3.05) is 0 Å². The maximum atomic E-state index is 12.4. The van der Waals surface area contributed by atoms with E-state index >= 15 is 0 Å². The minimum Gasteiger partial charge on any atom is -0.451 e. The number of benzene rings is 1. The number of rotatable bonds is 3. The first-order valence-electron chi connectivity index (χ1n) is 8.37. The van der Waals surface area contributed by atoms with Crippen LogP contribution in [0.2, 0.25) is 0 Å². The Morgan fingerprint density at radius 3 is 2.75 bits per heavy atom. The molecule has 0 bridgehead atoms. The summed E-state index contributed by atoms with van der Waals surface area (Å²) in [5, 5.41) is 12.2. The number of nitriles is 1. The predicted molar refractivity (Wildman–Crippen MR) is 90.7 cm³/mol. The quantitative estimate of drug-likeness (QED) is 0.938. The van der Waals surface area contributed by atoms with Crippen LogP contribution in [0.1, 0.15) is 55.1 Å². The van der Waals surface area contributed by atoms with Crippen LogP contribution in [-0.2, 0) is 0 Å². The van der Waals surface area contributed by atoms with Crippen LogP contribution in [0.15, 0.2) is 33.5 Å². The summed E-state index contributed by atoms with van der Waals surface area (Å²) in [4.78, 5) is 24.6. The topological polar surface area (TPSA) is 83.1 Å². The van der Waals surface area contributed by atoms with Gasteiger partial charge in [0.2, 0.25) is 0 Å². The largest absolute Gasteiger partial charge is 0.451 e. The number of fused-ring (bicyclic) bond motifs is 1. The second-order valence-corrected chi connectivity index (χ2v) is 6.46. The molecule has 1 amide bonds. The zero-order valence-corrected chi connectivity index (χ0v) is 13.7. The Morgan fingerprint density at radius 1 is 1.29 bits per heavy atom. The van der Waals surface area contributed by atoms with Crippen LogP contribution in [0.4, 0.5) is 0 Å². The van der Waals surface area contributed by atoms with Crippen LogP contribution in [-0.4, -0.2) is 11.9 Å². The smallest absolute Gasteiger partial charge is 0.287 e. The number of hydrogen-bond donors (Lipinski definition) is 1. The Hall–Kier alpha value is -2.61. The van der Waals surface area contributed by atoms with E-state index in [1.54, 1.807) is 12.1 Å². The Balaban J connectivity index is 1.82. The molecule has 5 nitrogen and oxygen atoms in total. The van der Waals surface area contributed by atoms with E-state index in [9.17, 15) is 9.59 Å². The van der Waals surface area contributed by atoms with Gasteiger partial charge in [-0.15, -0.1) is 0 Å². The molecule has 2 aromatic rings. The molecule has 0 spiro atoms. The highest BCUT2D eigenvalue weighted by atomic mass is 16.3. The van der Waals surface area contributed by atoms with Crippen molar-refractivity contribution in [3.05, 3.63) is 45.8 Å². The maximum Gasteiger partial charge on any atom is 0.287 e. The summed E-state index contributed by atoms with van der Waals surface area (Å²) in [5.74, 6) is 0.129. The van der Waals surface area contributed by atoms with Gasteiger partial charge in [-0.05, 0) is 43.9 Å². The molecule has 0 radical (unpaired) electrons. The van der Waals surface area contributed by atoms with Crippen LogP contribution < -0.4 is 10.7 Å². The summed E-state index contributed by atoms with van der Waals surface area (Å²) >= 11 is 0. The molecule has 1 N–H and O–H groups in total. The van der Waals surface area contributed by atoms with Crippen molar-refractivity contribution in [2.24, 2.45) is 5.92 Å². The summed E-state index contributed by atoms with van der Waals surface area (Å²) in [6, 6.07) is 7.84. The Kier molecular flexibility index (Phi) is 4.66. The van der Waals surface area contributed by atoms with Gasteiger partial charge in [0.05, 0.1) is 17.0 Å². The summed E-state index contributed by atoms with van der Waals surface area (Å²) in [7, 11) is 0. The molecule has 24 heavy (non-hydrogen) atoms. The molecule has 1 aliphatic carbocycles. The summed E-state index contributed by atoms with van der Waals surface area (Å²) in [5.41, 5.74) is 0.388. The number of nitrogens with one attached hydrogen (secondary N) is 1. The molecule has 5 heteroatoms. The number of carbonyl (C=O) groups excluding carboxylic acids is 1. The summed E-state index contributed by atoms with van der Waals surface area (Å²) in [6.45, 7) is 2.01. The molecule has 1 aromatic carbocycles. The molecule has 1 heterocycles. The molecule has 0 aliphatic heterocycles. The molecule has 1 fully saturated rings. The van der Waals surface area contributed by atoms with Crippen LogP contribution in [0.3, 0.4) is 0 Å². The lowest BCUT2D eigenvalue weighted by atomic mass is 9.84. The van der Waals surface area contributed by atoms with Crippen molar-refractivity contribution in [3.63, 3.8) is 0 Å². The third-order valence-electron chi connectivity index (χ3n) is 4.80. The van der Waals surface area contributed by atoms with E-state index in [0.717, 1.165) is 12.8 Å². The fourth-order valence-corrected chi connectivity index (χ4v) is 3.37. The van der Waals surface area contributed by atoms with E-state index in [4.69, 9.17) is 9.68 Å². The van der Waals surface area contributed by atoms with Crippen molar-refractivity contribution in [1.82, 2.24) is 5.32 Å². The first-order valence-corrected chi connectivity index (χ1v) is 8.37. The summed E-state index contributed by atoms with van der Waals surface area (Å²) in [6.07, 6.45) is 5.93. The van der Waals surface area contributed by atoms with Gasteiger partial charge in [0.25, 0.3) is 5.91 Å². The highest BCUT2D eigenvalue weighted by Gasteiger charge is 2.23. The molecule has 0 saturated heterocycles. The summed E-state index contributed by atoms with van der Waals surface area (Å²) < 4.78 is 5.57. The highest BCUT2D eigenvalue weighted by molar-refractivity contribution is 5.93.